The molecule has 1 amide bonds. The van der Waals surface area contributed by atoms with Gasteiger partial charge in [0.15, 0.2) is 0 Å². The second-order valence-corrected chi connectivity index (χ2v) is 4.13. The molecule has 1 N–H and O–H groups in total. The van der Waals surface area contributed by atoms with Gasteiger partial charge in [-0.3, -0.25) is 9.48 Å². The average Bonchev–Trinajstić information content (AvgIpc) is 2.78. The van der Waals surface area contributed by atoms with Crippen LogP contribution >= 0.6 is 0 Å². The lowest BCUT2D eigenvalue weighted by molar-refractivity contribution is 0.102. The molecule has 2 aromatic rings. The molecule has 0 atom stereocenters. The van der Waals surface area contributed by atoms with E-state index in [9.17, 15) is 9.18 Å². The molecule has 0 bridgehead atoms. The van der Waals surface area contributed by atoms with Gasteiger partial charge in [-0.1, -0.05) is 0 Å². The summed E-state index contributed by atoms with van der Waals surface area (Å²) >= 11 is 0. The van der Waals surface area contributed by atoms with Gasteiger partial charge in [-0.15, -0.1) is 0 Å². The number of amides is 1. The molecule has 0 aliphatic heterocycles. The Bertz CT molecular complexity index is 547. The van der Waals surface area contributed by atoms with Crippen molar-refractivity contribution in [2.24, 2.45) is 0 Å². The number of hydrogen-bond acceptors (Lipinski definition) is 3. The molecule has 2 heterocycles. The van der Waals surface area contributed by atoms with Gasteiger partial charge in [0.25, 0.3) is 5.91 Å². The van der Waals surface area contributed by atoms with E-state index in [1.807, 2.05) is 13.8 Å². The zero-order chi connectivity index (χ0) is 13.1. The molecule has 0 spiro atoms. The Morgan fingerprint density at radius 2 is 2.17 bits per heavy atom. The van der Waals surface area contributed by atoms with Crippen molar-refractivity contribution in [2.75, 3.05) is 5.32 Å². The van der Waals surface area contributed by atoms with Crippen LogP contribution in [0.15, 0.2) is 30.7 Å². The number of rotatable bonds is 3. The van der Waals surface area contributed by atoms with Crippen LogP contribution in [0.5, 0.6) is 0 Å². The fourth-order valence-corrected chi connectivity index (χ4v) is 1.40. The number of halogens is 1. The lowest BCUT2D eigenvalue weighted by Gasteiger charge is -2.04. The number of pyridine rings is 1. The average molecular weight is 248 g/mol. The minimum Gasteiger partial charge on any atom is -0.319 e. The van der Waals surface area contributed by atoms with Crippen molar-refractivity contribution < 1.29 is 9.18 Å². The Morgan fingerprint density at radius 3 is 2.72 bits per heavy atom. The van der Waals surface area contributed by atoms with Crippen molar-refractivity contribution >= 4 is 11.6 Å². The van der Waals surface area contributed by atoms with Crippen LogP contribution in [0, 0.1) is 5.95 Å². The summed E-state index contributed by atoms with van der Waals surface area (Å²) < 4.78 is 14.3. The number of aromatic nitrogens is 3. The first-order valence-electron chi connectivity index (χ1n) is 5.53. The highest BCUT2D eigenvalue weighted by Gasteiger charge is 2.08. The second-order valence-electron chi connectivity index (χ2n) is 4.13. The normalized spacial score (nSPS) is 10.7. The molecule has 0 aromatic carbocycles. The predicted molar refractivity (Wildman–Crippen MR) is 64.8 cm³/mol. The third-order valence-electron chi connectivity index (χ3n) is 2.38. The van der Waals surface area contributed by atoms with Gasteiger partial charge in [-0.25, -0.2) is 4.98 Å². The number of hydrogen-bond donors (Lipinski definition) is 1. The molecule has 94 valence electrons. The Kier molecular flexibility index (Phi) is 3.36. The van der Waals surface area contributed by atoms with Gasteiger partial charge in [0, 0.05) is 18.4 Å². The lowest BCUT2D eigenvalue weighted by Crippen LogP contribution is -2.12. The summed E-state index contributed by atoms with van der Waals surface area (Å²) in [6.07, 6.45) is 4.49. The first kappa shape index (κ1) is 12.2. The monoisotopic (exact) mass is 248 g/mol. The van der Waals surface area contributed by atoms with Crippen molar-refractivity contribution in [3.8, 4) is 0 Å². The zero-order valence-electron chi connectivity index (χ0n) is 10.1. The van der Waals surface area contributed by atoms with Gasteiger partial charge in [-0.05, 0) is 26.0 Å². The van der Waals surface area contributed by atoms with Gasteiger partial charge in [-0.2, -0.15) is 9.49 Å². The zero-order valence-corrected chi connectivity index (χ0v) is 10.1. The minimum absolute atomic E-state index is 0.225. The SMILES string of the molecule is CC(C)n1cc(NC(=O)c2ccc(F)nc2)cn1. The van der Waals surface area contributed by atoms with E-state index < -0.39 is 5.95 Å². The molecule has 0 radical (unpaired) electrons. The highest BCUT2D eigenvalue weighted by atomic mass is 19.1. The van der Waals surface area contributed by atoms with Crippen LogP contribution in [0.3, 0.4) is 0 Å². The molecule has 0 aliphatic rings. The first-order chi connectivity index (χ1) is 8.56. The van der Waals surface area contributed by atoms with E-state index in [1.54, 1.807) is 17.1 Å². The molecule has 2 aromatic heterocycles. The Balaban J connectivity index is 2.08. The highest BCUT2D eigenvalue weighted by Crippen LogP contribution is 2.11. The summed E-state index contributed by atoms with van der Waals surface area (Å²) in [5.41, 5.74) is 0.895. The van der Waals surface area contributed by atoms with E-state index in [2.05, 4.69) is 15.4 Å². The largest absolute Gasteiger partial charge is 0.319 e. The molecule has 0 unspecified atom stereocenters. The van der Waals surface area contributed by atoms with Crippen molar-refractivity contribution in [1.29, 1.82) is 0 Å². The van der Waals surface area contributed by atoms with Crippen LogP contribution in [-0.2, 0) is 0 Å². The van der Waals surface area contributed by atoms with Crippen LogP contribution in [0.1, 0.15) is 30.2 Å². The van der Waals surface area contributed by atoms with Gasteiger partial charge in [0.05, 0.1) is 17.4 Å². The first-order valence-corrected chi connectivity index (χ1v) is 5.53. The van der Waals surface area contributed by atoms with Gasteiger partial charge < -0.3 is 5.32 Å². The van der Waals surface area contributed by atoms with Gasteiger partial charge in [0.2, 0.25) is 5.95 Å². The van der Waals surface area contributed by atoms with Crippen LogP contribution < -0.4 is 5.32 Å². The molecule has 0 aliphatic carbocycles. The van der Waals surface area contributed by atoms with E-state index >= 15 is 0 Å². The predicted octanol–water partition coefficient (Wildman–Crippen LogP) is 2.25. The number of nitrogens with zero attached hydrogens (tertiary/aromatic N) is 3. The summed E-state index contributed by atoms with van der Waals surface area (Å²) in [6.45, 7) is 3.98. The Hall–Kier alpha value is -2.24. The third-order valence-corrected chi connectivity index (χ3v) is 2.38. The molecular weight excluding hydrogens is 235 g/mol. The van der Waals surface area contributed by atoms with Crippen LogP contribution in [0.4, 0.5) is 10.1 Å². The molecule has 0 saturated heterocycles. The van der Waals surface area contributed by atoms with Gasteiger partial charge >= 0.3 is 0 Å². The third kappa shape index (κ3) is 2.71. The smallest absolute Gasteiger partial charge is 0.257 e. The van der Waals surface area contributed by atoms with Gasteiger partial charge in [0.1, 0.15) is 0 Å². The van der Waals surface area contributed by atoms with E-state index in [0.717, 1.165) is 6.07 Å². The number of carbonyl (C=O) groups excluding carboxylic acids is 1. The van der Waals surface area contributed by atoms with E-state index in [1.165, 1.54) is 12.3 Å². The maximum absolute atomic E-state index is 12.6. The fraction of sp³-hybridized carbons (Fsp3) is 0.250. The maximum atomic E-state index is 12.6. The topological polar surface area (TPSA) is 59.8 Å². The Labute approximate surface area is 104 Å². The summed E-state index contributed by atoms with van der Waals surface area (Å²) in [7, 11) is 0. The lowest BCUT2D eigenvalue weighted by atomic mass is 10.2. The maximum Gasteiger partial charge on any atom is 0.257 e. The fourth-order valence-electron chi connectivity index (χ4n) is 1.40. The van der Waals surface area contributed by atoms with E-state index in [4.69, 9.17) is 0 Å². The van der Waals surface area contributed by atoms with Crippen molar-refractivity contribution in [1.82, 2.24) is 14.8 Å². The summed E-state index contributed by atoms with van der Waals surface area (Å²) in [6, 6.07) is 2.75. The van der Waals surface area contributed by atoms with Crippen molar-refractivity contribution in [3.63, 3.8) is 0 Å². The van der Waals surface area contributed by atoms with Crippen LogP contribution in [-0.4, -0.2) is 20.7 Å². The molecule has 0 saturated carbocycles. The Morgan fingerprint density at radius 1 is 1.39 bits per heavy atom. The molecule has 6 heteroatoms. The molecule has 18 heavy (non-hydrogen) atoms. The number of carbonyl (C=O) groups is 1. The highest BCUT2D eigenvalue weighted by molar-refractivity contribution is 6.03. The quantitative estimate of drug-likeness (QED) is 0.847. The van der Waals surface area contributed by atoms with Crippen LogP contribution in [0.2, 0.25) is 0 Å². The van der Waals surface area contributed by atoms with Crippen molar-refractivity contribution in [3.05, 3.63) is 42.2 Å². The molecule has 2 rings (SSSR count). The minimum atomic E-state index is -0.612. The molecule has 5 nitrogen and oxygen atoms in total. The molecule has 0 fully saturated rings. The second kappa shape index (κ2) is 4.95. The standard InChI is InChI=1S/C12H13FN4O/c1-8(2)17-7-10(6-15-17)16-12(18)9-3-4-11(13)14-5-9/h3-8H,1-2H3,(H,16,18). The van der Waals surface area contributed by atoms with E-state index in [-0.39, 0.29) is 11.9 Å². The summed E-state index contributed by atoms with van der Waals surface area (Å²) in [4.78, 5) is 15.2. The van der Waals surface area contributed by atoms with E-state index in [0.29, 0.717) is 11.3 Å². The van der Waals surface area contributed by atoms with Crippen LogP contribution in [0.25, 0.3) is 0 Å². The van der Waals surface area contributed by atoms with Crippen molar-refractivity contribution in [2.45, 2.75) is 19.9 Å². The number of nitrogens with one attached hydrogen (secondary N) is 1. The summed E-state index contributed by atoms with van der Waals surface area (Å²) in [5.74, 6) is -0.954. The molecular formula is C12H13FN4O. The number of anilines is 1. The summed E-state index contributed by atoms with van der Waals surface area (Å²) in [5, 5.41) is 6.77.